The molecule has 0 spiro atoms. The number of hydrogen-bond donors (Lipinski definition) is 4. The van der Waals surface area contributed by atoms with Crippen molar-refractivity contribution in [3.8, 4) is 22.6 Å². The molecule has 106 heavy (non-hydrogen) atoms. The van der Waals surface area contributed by atoms with Gasteiger partial charge in [-0.15, -0.1) is 5.11 Å². The Morgan fingerprint density at radius 2 is 0.821 bits per heavy atom. The number of aromatic hydroxyl groups is 2. The summed E-state index contributed by atoms with van der Waals surface area (Å²) in [6.45, 7) is 10.3. The number of azo groups is 2. The number of phenolic OH excluding ortho intramolecular Hbond substituents is 2. The molecule has 1 aliphatic carbocycles. The van der Waals surface area contributed by atoms with Gasteiger partial charge in [0.15, 0.2) is 5.78 Å². The third-order valence-corrected chi connectivity index (χ3v) is 19.4. The maximum Gasteiger partial charge on any atom is 0.259 e. The van der Waals surface area contributed by atoms with Crippen molar-refractivity contribution in [3.05, 3.63) is 364 Å². The molecule has 0 bridgehead atoms. The standard InChI is InChI=1S/C53H44N6O3.C40H36N2O2/c1-34-11-21-43(22-12-34)59(44-23-13-35(2)14-24-44)45-25-17-36(18-26-45)15-16-37-7-6-9-42(29-37)58-62-33-39-30-38-8-4-5-10-46(38)51(52(39)60)57-56-41-20-28-48-47-27-19-40(55-54-3)31-49(47)53(61)50(48)32-41;1-27-11-19-34(20-12-27)42(35-21-13-28(2)14-22-35)36-23-17-30(18-24-36)15-16-31-7-6-9-33(25-31)41-40(44)38-26-32-8-4-5-10-37(32)29(3)39(38)43/h4-14,17-32,58,60H,15-16,33H2,1-3H3;4-14,17-26,43H,15-16H2,1-3H3,(H,41,44). The Kier molecular flexibility index (Phi) is 20.9. The second-order valence-electron chi connectivity index (χ2n) is 27.0. The van der Waals surface area contributed by atoms with Gasteiger partial charge in [-0.3, -0.25) is 19.9 Å². The molecule has 4 N–H and O–H groups in total. The molecule has 0 heterocycles. The summed E-state index contributed by atoms with van der Waals surface area (Å²) in [5.74, 6) is -0.437. The largest absolute Gasteiger partial charge is 0.507 e. The summed E-state index contributed by atoms with van der Waals surface area (Å²) in [5, 5.41) is 45.7. The maximum atomic E-state index is 13.4. The first-order valence-corrected chi connectivity index (χ1v) is 35.6. The van der Waals surface area contributed by atoms with Gasteiger partial charge in [0, 0.05) is 68.9 Å². The van der Waals surface area contributed by atoms with E-state index in [4.69, 9.17) is 4.84 Å². The number of ketones is 1. The summed E-state index contributed by atoms with van der Waals surface area (Å²) >= 11 is 0. The van der Waals surface area contributed by atoms with Crippen LogP contribution in [-0.2, 0) is 37.1 Å². The average Bonchev–Trinajstić information content (AvgIpc) is 1.37. The number of carbonyl (C=O) groups excluding carboxylic acids is 2. The number of nitrogens with zero attached hydrogens (tertiary/aromatic N) is 6. The van der Waals surface area contributed by atoms with E-state index < -0.39 is 0 Å². The molecule has 0 saturated heterocycles. The van der Waals surface area contributed by atoms with E-state index >= 15 is 0 Å². The van der Waals surface area contributed by atoms with Gasteiger partial charge in [0.05, 0.1) is 22.6 Å². The van der Waals surface area contributed by atoms with Gasteiger partial charge in [-0.05, 0) is 249 Å². The van der Waals surface area contributed by atoms with E-state index in [0.717, 1.165) is 104 Å². The molecule has 0 saturated carbocycles. The van der Waals surface area contributed by atoms with Crippen LogP contribution in [0.1, 0.15) is 81.9 Å². The Balaban J connectivity index is 0.000000189. The van der Waals surface area contributed by atoms with E-state index in [0.29, 0.717) is 45.0 Å². The van der Waals surface area contributed by atoms with Gasteiger partial charge in [0.25, 0.3) is 5.91 Å². The second kappa shape index (κ2) is 31.6. The van der Waals surface area contributed by atoms with Crippen molar-refractivity contribution in [2.75, 3.05) is 27.6 Å². The first-order chi connectivity index (χ1) is 51.7. The van der Waals surface area contributed by atoms with E-state index in [9.17, 15) is 19.8 Å². The number of hydrogen-bond acceptors (Lipinski definition) is 12. The second-order valence-corrected chi connectivity index (χ2v) is 27.0. The van der Waals surface area contributed by atoms with Crippen LogP contribution in [0.2, 0.25) is 0 Å². The minimum absolute atomic E-state index is 0.0177. The van der Waals surface area contributed by atoms with E-state index in [1.807, 2.05) is 116 Å². The van der Waals surface area contributed by atoms with Crippen molar-refractivity contribution < 1.29 is 24.6 Å². The fourth-order valence-corrected chi connectivity index (χ4v) is 13.5. The smallest absolute Gasteiger partial charge is 0.259 e. The first kappa shape index (κ1) is 70.0. The van der Waals surface area contributed by atoms with E-state index in [2.05, 4.69) is 233 Å². The summed E-state index contributed by atoms with van der Waals surface area (Å²) in [7, 11) is 1.59. The lowest BCUT2D eigenvalue weighted by Gasteiger charge is -2.26. The molecular weight excluding hydrogens is 1310 g/mol. The molecule has 0 fully saturated rings. The lowest BCUT2D eigenvalue weighted by Crippen LogP contribution is -2.13. The quantitative estimate of drug-likeness (QED) is 0.0408. The van der Waals surface area contributed by atoms with Crippen molar-refractivity contribution in [2.24, 2.45) is 20.5 Å². The van der Waals surface area contributed by atoms with Crippen molar-refractivity contribution in [1.29, 1.82) is 0 Å². The Hall–Kier alpha value is -13.1. The zero-order chi connectivity index (χ0) is 73.2. The fraction of sp³-hybridized carbons (Fsp3) is 0.118. The highest BCUT2D eigenvalue weighted by Crippen LogP contribution is 2.44. The Morgan fingerprint density at radius 3 is 1.31 bits per heavy atom. The average molecular weight is 1390 g/mol. The molecule has 1 aliphatic rings. The number of benzene rings is 14. The Labute approximate surface area is 618 Å². The van der Waals surface area contributed by atoms with Gasteiger partial charge < -0.3 is 25.3 Å². The van der Waals surface area contributed by atoms with Gasteiger partial charge in [0.2, 0.25) is 0 Å². The van der Waals surface area contributed by atoms with Crippen molar-refractivity contribution in [3.63, 3.8) is 0 Å². The number of anilines is 8. The minimum Gasteiger partial charge on any atom is -0.507 e. The maximum absolute atomic E-state index is 13.4. The normalized spacial score (nSPS) is 11.6. The van der Waals surface area contributed by atoms with Crippen LogP contribution in [0.15, 0.2) is 312 Å². The highest BCUT2D eigenvalue weighted by molar-refractivity contribution is 6.22. The summed E-state index contributed by atoms with van der Waals surface area (Å²) in [6, 6.07) is 98.2. The molecule has 0 atom stereocenters. The van der Waals surface area contributed by atoms with Gasteiger partial charge in [-0.1, -0.05) is 180 Å². The van der Waals surface area contributed by atoms with E-state index in [1.165, 1.54) is 38.9 Å². The lowest BCUT2D eigenvalue weighted by molar-refractivity contribution is 0.102. The summed E-state index contributed by atoms with van der Waals surface area (Å²) < 4.78 is 0. The number of nitrogens with one attached hydrogen (secondary N) is 2. The van der Waals surface area contributed by atoms with Crippen LogP contribution in [0.25, 0.3) is 32.7 Å². The predicted molar refractivity (Wildman–Crippen MR) is 431 cm³/mol. The predicted octanol–water partition coefficient (Wildman–Crippen LogP) is 24.3. The summed E-state index contributed by atoms with van der Waals surface area (Å²) in [5.41, 5.74) is 26.8. The van der Waals surface area contributed by atoms with Crippen LogP contribution >= 0.6 is 0 Å². The molecule has 1 amide bonds. The molecule has 0 radical (unpaired) electrons. The van der Waals surface area contributed by atoms with Gasteiger partial charge in [-0.25, -0.2) is 0 Å². The molecule has 13 heteroatoms. The SMILES string of the molecule is CN=Nc1ccc2c(c1)C(=O)c1cc(N=Nc3c(O)c(CONc4cccc(CCc5ccc(N(c6ccc(C)cc6)c6ccc(C)cc6)cc5)c4)cc4ccccc34)ccc1-2.Cc1ccc(N(c2ccc(C)cc2)c2ccc(CCc3cccc(NC(=O)c4cc5ccccc5c(C)c4O)c3)cc2)cc1. The van der Waals surface area contributed by atoms with Crippen LogP contribution in [0, 0.1) is 34.6 Å². The van der Waals surface area contributed by atoms with Crippen molar-refractivity contribution in [2.45, 2.75) is 66.9 Å². The fourth-order valence-electron chi connectivity index (χ4n) is 13.5. The van der Waals surface area contributed by atoms with Gasteiger partial charge >= 0.3 is 0 Å². The third-order valence-electron chi connectivity index (χ3n) is 19.4. The van der Waals surface area contributed by atoms with Crippen LogP contribution in [0.5, 0.6) is 11.5 Å². The first-order valence-electron chi connectivity index (χ1n) is 35.6. The monoisotopic (exact) mass is 1390 g/mol. The number of phenols is 2. The summed E-state index contributed by atoms with van der Waals surface area (Å²) in [4.78, 5) is 37.1. The number of carbonyl (C=O) groups is 2. The number of fused-ring (bicyclic) bond motifs is 5. The van der Waals surface area contributed by atoms with Crippen LogP contribution < -0.4 is 20.6 Å². The van der Waals surface area contributed by atoms with Gasteiger partial charge in [-0.2, -0.15) is 15.3 Å². The van der Waals surface area contributed by atoms with E-state index in [-0.39, 0.29) is 35.4 Å². The lowest BCUT2D eigenvalue weighted by atomic mass is 9.99. The zero-order valence-corrected chi connectivity index (χ0v) is 60.1. The summed E-state index contributed by atoms with van der Waals surface area (Å²) in [6.07, 6.45) is 3.44. The Morgan fingerprint density at radius 1 is 0.396 bits per heavy atom. The van der Waals surface area contributed by atoms with Gasteiger partial charge in [0.1, 0.15) is 23.8 Å². The molecule has 14 aromatic carbocycles. The van der Waals surface area contributed by atoms with Crippen molar-refractivity contribution in [1.82, 2.24) is 0 Å². The third kappa shape index (κ3) is 15.9. The molecule has 522 valence electrons. The number of amides is 1. The Bertz CT molecular complexity index is 5510. The molecule has 0 aliphatic heterocycles. The highest BCUT2D eigenvalue weighted by Gasteiger charge is 2.28. The van der Waals surface area contributed by atoms with Crippen molar-refractivity contribution >= 4 is 95.8 Å². The number of aryl methyl sites for hydroxylation is 9. The van der Waals surface area contributed by atoms with Crippen LogP contribution in [0.4, 0.5) is 62.6 Å². The highest BCUT2D eigenvalue weighted by atomic mass is 16.6. The van der Waals surface area contributed by atoms with E-state index in [1.54, 1.807) is 25.2 Å². The molecule has 0 aromatic heterocycles. The minimum atomic E-state index is -0.323. The molecular formula is C93H80N8O5. The zero-order valence-electron chi connectivity index (χ0n) is 60.1. The molecule has 13 nitrogen and oxygen atoms in total. The number of rotatable bonds is 21. The van der Waals surface area contributed by atoms with Crippen LogP contribution in [0.3, 0.4) is 0 Å². The van der Waals surface area contributed by atoms with Crippen LogP contribution in [-0.4, -0.2) is 29.0 Å². The molecule has 14 aromatic rings. The molecule has 15 rings (SSSR count). The topological polar surface area (TPSA) is 164 Å². The molecule has 0 unspecified atom stereocenters.